The molecule has 2 heterocycles. The van der Waals surface area contributed by atoms with Gasteiger partial charge in [0.05, 0.1) is 30.0 Å². The molecule has 1 aliphatic carbocycles. The summed E-state index contributed by atoms with van der Waals surface area (Å²) in [5, 5.41) is 13.7. The Labute approximate surface area is 147 Å². The van der Waals surface area contributed by atoms with Crippen LogP contribution in [-0.4, -0.2) is 57.5 Å². The van der Waals surface area contributed by atoms with Crippen molar-refractivity contribution in [3.8, 4) is 0 Å². The van der Waals surface area contributed by atoms with E-state index in [2.05, 4.69) is 18.9 Å². The Morgan fingerprint density at radius 2 is 2.16 bits per heavy atom. The summed E-state index contributed by atoms with van der Waals surface area (Å²) in [5.74, 6) is -0.603. The van der Waals surface area contributed by atoms with Gasteiger partial charge in [-0.2, -0.15) is 5.10 Å². The fourth-order valence-electron chi connectivity index (χ4n) is 3.67. The highest BCUT2D eigenvalue weighted by Crippen LogP contribution is 2.43. The van der Waals surface area contributed by atoms with Crippen LogP contribution < -0.4 is 0 Å². The Morgan fingerprint density at radius 1 is 1.44 bits per heavy atom. The minimum Gasteiger partial charge on any atom is -0.481 e. The third kappa shape index (κ3) is 3.56. The predicted octanol–water partition coefficient (Wildman–Crippen LogP) is 2.44. The molecule has 0 bridgehead atoms. The van der Waals surface area contributed by atoms with E-state index in [1.54, 1.807) is 18.2 Å². The van der Waals surface area contributed by atoms with Gasteiger partial charge < -0.3 is 14.7 Å². The van der Waals surface area contributed by atoms with Crippen molar-refractivity contribution in [1.29, 1.82) is 0 Å². The van der Waals surface area contributed by atoms with Gasteiger partial charge in [0.25, 0.3) is 5.91 Å². The van der Waals surface area contributed by atoms with E-state index < -0.39 is 5.97 Å². The van der Waals surface area contributed by atoms with Crippen molar-refractivity contribution < 1.29 is 19.4 Å². The topological polar surface area (TPSA) is 84.7 Å². The number of amides is 1. The number of likely N-dealkylation sites (tertiary alicyclic amines) is 1. The minimum absolute atomic E-state index is 0.0517. The Hall–Kier alpha value is -1.89. The molecule has 0 radical (unpaired) electrons. The number of methoxy groups -OCH3 is 1. The second-order valence-corrected chi connectivity index (χ2v) is 7.22. The van der Waals surface area contributed by atoms with E-state index in [9.17, 15) is 9.59 Å². The summed E-state index contributed by atoms with van der Waals surface area (Å²) in [5.41, 5.74) is 1.66. The number of hydrogen-bond acceptors (Lipinski definition) is 4. The molecule has 2 aliphatic rings. The average molecular weight is 349 g/mol. The van der Waals surface area contributed by atoms with Gasteiger partial charge in [-0.05, 0) is 32.6 Å². The quantitative estimate of drug-likeness (QED) is 0.817. The Bertz CT molecular complexity index is 653. The Kier molecular flexibility index (Phi) is 5.13. The van der Waals surface area contributed by atoms with Crippen LogP contribution >= 0.6 is 0 Å². The number of ether oxygens (including phenoxy) is 1. The first-order valence-corrected chi connectivity index (χ1v) is 9.09. The molecule has 3 atom stereocenters. The van der Waals surface area contributed by atoms with E-state index in [0.717, 1.165) is 25.0 Å². The van der Waals surface area contributed by atoms with Gasteiger partial charge in [-0.1, -0.05) is 6.92 Å². The SMILES string of the molecule is CCC(C)n1ncc(C(=O)N2CC(OC)CC2CC(=O)O)c1C1CC1. The van der Waals surface area contributed by atoms with Crippen LogP contribution in [-0.2, 0) is 9.53 Å². The van der Waals surface area contributed by atoms with E-state index in [1.807, 2.05) is 4.68 Å². The second kappa shape index (κ2) is 7.15. The molecule has 0 spiro atoms. The van der Waals surface area contributed by atoms with Gasteiger partial charge in [0.2, 0.25) is 0 Å². The van der Waals surface area contributed by atoms with Gasteiger partial charge in [0.1, 0.15) is 0 Å². The van der Waals surface area contributed by atoms with Crippen LogP contribution in [0.25, 0.3) is 0 Å². The zero-order valence-electron chi connectivity index (χ0n) is 15.1. The number of carbonyl (C=O) groups is 2. The molecule has 1 aromatic heterocycles. The Morgan fingerprint density at radius 3 is 2.72 bits per heavy atom. The van der Waals surface area contributed by atoms with Gasteiger partial charge in [-0.25, -0.2) is 0 Å². The summed E-state index contributed by atoms with van der Waals surface area (Å²) >= 11 is 0. The van der Waals surface area contributed by atoms with E-state index in [1.165, 1.54) is 0 Å². The first-order chi connectivity index (χ1) is 12.0. The Balaban J connectivity index is 1.89. The number of rotatable bonds is 7. The van der Waals surface area contributed by atoms with Gasteiger partial charge >= 0.3 is 5.97 Å². The normalized spacial score (nSPS) is 24.5. The molecule has 0 aromatic carbocycles. The lowest BCUT2D eigenvalue weighted by Crippen LogP contribution is -2.37. The van der Waals surface area contributed by atoms with Gasteiger partial charge in [0, 0.05) is 31.7 Å². The highest BCUT2D eigenvalue weighted by atomic mass is 16.5. The van der Waals surface area contributed by atoms with Crippen LogP contribution in [0.5, 0.6) is 0 Å². The molecule has 7 heteroatoms. The van der Waals surface area contributed by atoms with E-state index >= 15 is 0 Å². The fraction of sp³-hybridized carbons (Fsp3) is 0.722. The molecule has 1 saturated heterocycles. The monoisotopic (exact) mass is 349 g/mol. The van der Waals surface area contributed by atoms with Crippen LogP contribution in [0.15, 0.2) is 6.20 Å². The minimum atomic E-state index is -0.891. The van der Waals surface area contributed by atoms with Crippen molar-refractivity contribution in [2.24, 2.45) is 0 Å². The summed E-state index contributed by atoms with van der Waals surface area (Å²) in [4.78, 5) is 26.1. The zero-order chi connectivity index (χ0) is 18.1. The van der Waals surface area contributed by atoms with Gasteiger partial charge in [-0.15, -0.1) is 0 Å². The van der Waals surface area contributed by atoms with Crippen molar-refractivity contribution in [2.45, 2.75) is 70.1 Å². The second-order valence-electron chi connectivity index (χ2n) is 7.22. The highest BCUT2D eigenvalue weighted by Gasteiger charge is 2.40. The summed E-state index contributed by atoms with van der Waals surface area (Å²) in [7, 11) is 1.60. The van der Waals surface area contributed by atoms with Crippen molar-refractivity contribution in [2.75, 3.05) is 13.7 Å². The summed E-state index contributed by atoms with van der Waals surface area (Å²) < 4.78 is 7.37. The van der Waals surface area contributed by atoms with Crippen molar-refractivity contribution in [1.82, 2.24) is 14.7 Å². The van der Waals surface area contributed by atoms with Crippen LogP contribution in [0.3, 0.4) is 0 Å². The van der Waals surface area contributed by atoms with Crippen molar-refractivity contribution >= 4 is 11.9 Å². The van der Waals surface area contributed by atoms with Gasteiger partial charge in [-0.3, -0.25) is 14.3 Å². The molecule has 25 heavy (non-hydrogen) atoms. The van der Waals surface area contributed by atoms with Crippen molar-refractivity contribution in [3.05, 3.63) is 17.5 Å². The molecule has 1 saturated carbocycles. The lowest BCUT2D eigenvalue weighted by Gasteiger charge is -2.23. The lowest BCUT2D eigenvalue weighted by atomic mass is 10.1. The predicted molar refractivity (Wildman–Crippen MR) is 91.7 cm³/mol. The van der Waals surface area contributed by atoms with E-state index in [4.69, 9.17) is 9.84 Å². The number of aromatic nitrogens is 2. The molecule has 1 N–H and O–H groups in total. The standard InChI is InChI=1S/C18H27N3O4/c1-4-11(2)21-17(12-5-6-12)15(9-19-21)18(24)20-10-14(25-3)7-13(20)8-16(22)23/h9,11-14H,4-8,10H2,1-3H3,(H,22,23). The maximum atomic E-state index is 13.2. The molecule has 1 amide bonds. The summed E-state index contributed by atoms with van der Waals surface area (Å²) in [6, 6.07) is -0.0776. The maximum absolute atomic E-state index is 13.2. The third-order valence-electron chi connectivity index (χ3n) is 5.42. The average Bonchev–Trinajstić information content (AvgIpc) is 3.20. The summed E-state index contributed by atoms with van der Waals surface area (Å²) in [6.45, 7) is 4.65. The molecular formula is C18H27N3O4. The van der Waals surface area contributed by atoms with Crippen LogP contribution in [0.4, 0.5) is 0 Å². The number of carboxylic acids is 1. The molecule has 3 rings (SSSR count). The number of nitrogens with zero attached hydrogens (tertiary/aromatic N) is 3. The first-order valence-electron chi connectivity index (χ1n) is 9.09. The zero-order valence-corrected chi connectivity index (χ0v) is 15.1. The smallest absolute Gasteiger partial charge is 0.305 e. The highest BCUT2D eigenvalue weighted by molar-refractivity contribution is 5.96. The van der Waals surface area contributed by atoms with Crippen LogP contribution in [0, 0.1) is 0 Å². The maximum Gasteiger partial charge on any atom is 0.305 e. The van der Waals surface area contributed by atoms with Crippen LogP contribution in [0.1, 0.15) is 74.0 Å². The molecule has 1 aromatic rings. The fourth-order valence-corrected chi connectivity index (χ4v) is 3.67. The molecule has 2 fully saturated rings. The molecule has 7 nitrogen and oxygen atoms in total. The largest absolute Gasteiger partial charge is 0.481 e. The van der Waals surface area contributed by atoms with Crippen molar-refractivity contribution in [3.63, 3.8) is 0 Å². The van der Waals surface area contributed by atoms with E-state index in [-0.39, 0.29) is 30.5 Å². The van der Waals surface area contributed by atoms with Crippen LogP contribution in [0.2, 0.25) is 0 Å². The molecular weight excluding hydrogens is 322 g/mol. The third-order valence-corrected chi connectivity index (χ3v) is 5.42. The van der Waals surface area contributed by atoms with E-state index in [0.29, 0.717) is 24.4 Å². The molecule has 1 aliphatic heterocycles. The number of hydrogen-bond donors (Lipinski definition) is 1. The first kappa shape index (κ1) is 17.9. The molecule has 3 unspecified atom stereocenters. The number of carbonyl (C=O) groups excluding carboxylic acids is 1. The molecule has 138 valence electrons. The van der Waals surface area contributed by atoms with Gasteiger partial charge in [0.15, 0.2) is 0 Å². The lowest BCUT2D eigenvalue weighted by molar-refractivity contribution is -0.137. The number of aliphatic carboxylic acids is 1. The number of carboxylic acid groups (broad SMARTS) is 1. The summed E-state index contributed by atoms with van der Waals surface area (Å²) in [6.07, 6.45) is 5.19.